The van der Waals surface area contributed by atoms with Crippen LogP contribution in [-0.4, -0.2) is 17.6 Å². The molecule has 1 N–H and O–H groups in total. The van der Waals surface area contributed by atoms with Crippen molar-refractivity contribution in [2.45, 2.75) is 20.8 Å². The Morgan fingerprint density at radius 2 is 1.80 bits per heavy atom. The number of nitrogens with one attached hydrogen (secondary N) is 1. The van der Waals surface area contributed by atoms with Gasteiger partial charge >= 0.3 is 5.97 Å². The average molecular weight is 356 g/mol. The maximum atomic E-state index is 11.7. The number of aromatic nitrogens is 1. The summed E-state index contributed by atoms with van der Waals surface area (Å²) < 4.78 is 4.99. The van der Waals surface area contributed by atoms with Crippen molar-refractivity contribution < 1.29 is 21.9 Å². The normalized spacial score (nSPS) is 10.2. The number of pyridine rings is 1. The van der Waals surface area contributed by atoms with Gasteiger partial charge in [0.1, 0.15) is 5.82 Å². The van der Waals surface area contributed by atoms with E-state index in [0.717, 1.165) is 22.6 Å². The topological polar surface area (TPSA) is 51.2 Å². The molecule has 4 nitrogen and oxygen atoms in total. The zero-order chi connectivity index (χ0) is 17.1. The van der Waals surface area contributed by atoms with E-state index in [1.807, 2.05) is 24.3 Å². The molecule has 2 aromatic carbocycles. The van der Waals surface area contributed by atoms with Crippen molar-refractivity contribution in [1.29, 1.82) is 0 Å². The molecule has 1 aromatic heterocycles. The predicted octanol–water partition coefficient (Wildman–Crippen LogP) is 1.78. The molecule has 0 fully saturated rings. The number of aryl methyl sites for hydroxylation is 2. The molecule has 130 valence electrons. The van der Waals surface area contributed by atoms with Crippen LogP contribution in [0.3, 0.4) is 0 Å². The smallest absolute Gasteiger partial charge is 0.338 e. The van der Waals surface area contributed by atoms with Gasteiger partial charge in [-0.2, -0.15) is 0 Å². The van der Waals surface area contributed by atoms with Crippen LogP contribution in [0.15, 0.2) is 48.5 Å². The first-order valence-electron chi connectivity index (χ1n) is 7.99. The summed E-state index contributed by atoms with van der Waals surface area (Å²) in [7, 11) is 0. The molecule has 3 rings (SSSR count). The van der Waals surface area contributed by atoms with Gasteiger partial charge in [0.25, 0.3) is 0 Å². The van der Waals surface area contributed by atoms with Crippen LogP contribution in [0, 0.1) is 13.8 Å². The first-order chi connectivity index (χ1) is 11.6. The standard InChI is InChI=1S/C20H20N2O2.ClH/c1-4-24-20(23)15-8-10-16(11-9-15)21-18-12-14(3)17-7-5-6-13(2)19(17)22-18;/h5-12H,4H2,1-3H3,(H,21,22);1H/p-1. The van der Waals surface area contributed by atoms with E-state index in [-0.39, 0.29) is 18.4 Å². The Kier molecular flexibility index (Phi) is 5.99. The summed E-state index contributed by atoms with van der Waals surface area (Å²) in [5.41, 5.74) is 4.75. The molecular formula is C20H20ClN2O2-. The second kappa shape index (κ2) is 7.99. The number of benzene rings is 2. The lowest BCUT2D eigenvalue weighted by molar-refractivity contribution is -0.0000230. The van der Waals surface area contributed by atoms with Crippen LogP contribution in [-0.2, 0) is 4.74 Å². The fraction of sp³-hybridized carbons (Fsp3) is 0.200. The molecular weight excluding hydrogens is 336 g/mol. The second-order valence-electron chi connectivity index (χ2n) is 5.72. The molecule has 0 amide bonds. The van der Waals surface area contributed by atoms with E-state index in [1.54, 1.807) is 19.1 Å². The summed E-state index contributed by atoms with van der Waals surface area (Å²) in [5, 5.41) is 4.46. The third kappa shape index (κ3) is 4.09. The van der Waals surface area contributed by atoms with Gasteiger partial charge in [0.15, 0.2) is 0 Å². The van der Waals surface area contributed by atoms with Crippen LogP contribution < -0.4 is 17.7 Å². The first kappa shape index (κ1) is 18.7. The first-order valence-corrected chi connectivity index (χ1v) is 7.99. The van der Waals surface area contributed by atoms with Gasteiger partial charge in [-0.1, -0.05) is 18.2 Å². The van der Waals surface area contributed by atoms with Gasteiger partial charge in [0.2, 0.25) is 0 Å². The molecule has 0 aliphatic heterocycles. The van der Waals surface area contributed by atoms with E-state index in [9.17, 15) is 4.79 Å². The van der Waals surface area contributed by atoms with Crippen molar-refractivity contribution >= 4 is 28.4 Å². The molecule has 0 bridgehead atoms. The molecule has 0 saturated carbocycles. The van der Waals surface area contributed by atoms with Gasteiger partial charge in [-0.05, 0) is 62.2 Å². The lowest BCUT2D eigenvalue weighted by atomic mass is 10.1. The molecule has 3 aromatic rings. The highest BCUT2D eigenvalue weighted by Gasteiger charge is 2.07. The number of ether oxygens (including phenoxy) is 1. The summed E-state index contributed by atoms with van der Waals surface area (Å²) in [6.07, 6.45) is 0. The van der Waals surface area contributed by atoms with Crippen LogP contribution >= 0.6 is 0 Å². The number of esters is 1. The Morgan fingerprint density at radius 3 is 2.48 bits per heavy atom. The third-order valence-electron chi connectivity index (χ3n) is 3.92. The molecule has 0 spiro atoms. The number of fused-ring (bicyclic) bond motifs is 1. The van der Waals surface area contributed by atoms with E-state index in [2.05, 4.69) is 31.3 Å². The van der Waals surface area contributed by atoms with E-state index >= 15 is 0 Å². The van der Waals surface area contributed by atoms with Crippen LogP contribution in [0.25, 0.3) is 10.9 Å². The van der Waals surface area contributed by atoms with Crippen molar-refractivity contribution in [3.8, 4) is 0 Å². The maximum Gasteiger partial charge on any atom is 0.338 e. The van der Waals surface area contributed by atoms with Crippen LogP contribution in [0.5, 0.6) is 0 Å². The lowest BCUT2D eigenvalue weighted by Crippen LogP contribution is -3.00. The second-order valence-corrected chi connectivity index (χ2v) is 5.72. The largest absolute Gasteiger partial charge is 1.00 e. The van der Waals surface area contributed by atoms with Gasteiger partial charge in [0.05, 0.1) is 17.7 Å². The predicted molar refractivity (Wildman–Crippen MR) is 96.9 cm³/mol. The lowest BCUT2D eigenvalue weighted by Gasteiger charge is -2.11. The maximum absolute atomic E-state index is 11.7. The number of nitrogens with zero attached hydrogens (tertiary/aromatic N) is 1. The molecule has 0 unspecified atom stereocenters. The zero-order valence-corrected chi connectivity index (χ0v) is 15.2. The minimum absolute atomic E-state index is 0. The van der Waals surface area contributed by atoms with Gasteiger partial charge in [-0.3, -0.25) is 0 Å². The van der Waals surface area contributed by atoms with E-state index in [0.29, 0.717) is 12.2 Å². The highest BCUT2D eigenvalue weighted by Crippen LogP contribution is 2.24. The Hall–Kier alpha value is -2.59. The number of para-hydroxylation sites is 1. The monoisotopic (exact) mass is 355 g/mol. The Morgan fingerprint density at radius 1 is 1.08 bits per heavy atom. The average Bonchev–Trinajstić information content (AvgIpc) is 2.57. The summed E-state index contributed by atoms with van der Waals surface area (Å²) in [6.45, 7) is 6.31. The number of carbonyl (C=O) groups is 1. The van der Waals surface area contributed by atoms with Crippen molar-refractivity contribution in [3.63, 3.8) is 0 Å². The van der Waals surface area contributed by atoms with Crippen molar-refractivity contribution in [2.24, 2.45) is 0 Å². The van der Waals surface area contributed by atoms with Crippen LogP contribution in [0.2, 0.25) is 0 Å². The minimum atomic E-state index is -0.306. The number of carbonyl (C=O) groups excluding carboxylic acids is 1. The number of halogens is 1. The number of hydrogen-bond donors (Lipinski definition) is 1. The third-order valence-corrected chi connectivity index (χ3v) is 3.92. The van der Waals surface area contributed by atoms with Crippen molar-refractivity contribution in [3.05, 3.63) is 65.2 Å². The molecule has 0 saturated heterocycles. The number of hydrogen-bond acceptors (Lipinski definition) is 4. The highest BCUT2D eigenvalue weighted by molar-refractivity contribution is 5.90. The molecule has 5 heteroatoms. The fourth-order valence-electron chi connectivity index (χ4n) is 2.68. The van der Waals surface area contributed by atoms with Gasteiger partial charge in [-0.15, -0.1) is 0 Å². The van der Waals surface area contributed by atoms with E-state index in [4.69, 9.17) is 9.72 Å². The highest BCUT2D eigenvalue weighted by atomic mass is 35.5. The SMILES string of the molecule is CCOC(=O)c1ccc(Nc2cc(C)c3cccc(C)c3n2)cc1.[Cl-]. The van der Waals surface area contributed by atoms with Gasteiger partial charge in [-0.25, -0.2) is 9.78 Å². The summed E-state index contributed by atoms with van der Waals surface area (Å²) in [4.78, 5) is 16.4. The van der Waals surface area contributed by atoms with E-state index in [1.165, 1.54) is 10.9 Å². The molecule has 0 radical (unpaired) electrons. The molecule has 0 aliphatic carbocycles. The van der Waals surface area contributed by atoms with E-state index < -0.39 is 0 Å². The zero-order valence-electron chi connectivity index (χ0n) is 14.5. The quantitative estimate of drug-likeness (QED) is 0.725. The summed E-state index contributed by atoms with van der Waals surface area (Å²) in [6, 6.07) is 15.4. The van der Waals surface area contributed by atoms with Gasteiger partial charge in [0, 0.05) is 11.1 Å². The minimum Gasteiger partial charge on any atom is -1.00 e. The number of rotatable bonds is 4. The number of anilines is 2. The molecule has 25 heavy (non-hydrogen) atoms. The molecule has 0 atom stereocenters. The van der Waals surface area contributed by atoms with Crippen molar-refractivity contribution in [1.82, 2.24) is 4.98 Å². The summed E-state index contributed by atoms with van der Waals surface area (Å²) >= 11 is 0. The Balaban J connectivity index is 0.00000225. The van der Waals surface area contributed by atoms with Crippen LogP contribution in [0.4, 0.5) is 11.5 Å². The fourth-order valence-corrected chi connectivity index (χ4v) is 2.68. The summed E-state index contributed by atoms with van der Waals surface area (Å²) in [5.74, 6) is 0.484. The Labute approximate surface area is 153 Å². The van der Waals surface area contributed by atoms with Gasteiger partial charge < -0.3 is 22.5 Å². The van der Waals surface area contributed by atoms with Crippen molar-refractivity contribution in [2.75, 3.05) is 11.9 Å². The molecule has 0 aliphatic rings. The molecule has 1 heterocycles. The van der Waals surface area contributed by atoms with Crippen LogP contribution in [0.1, 0.15) is 28.4 Å². The Bertz CT molecular complexity index is 892.